The Bertz CT molecular complexity index is 911. The summed E-state index contributed by atoms with van der Waals surface area (Å²) in [5.74, 6) is 2.01. The highest BCUT2D eigenvalue weighted by atomic mass is 79.9. The van der Waals surface area contributed by atoms with Gasteiger partial charge in [-0.15, -0.1) is 0 Å². The zero-order chi connectivity index (χ0) is 19.9. The van der Waals surface area contributed by atoms with E-state index in [9.17, 15) is 0 Å². The predicted molar refractivity (Wildman–Crippen MR) is 112 cm³/mol. The zero-order valence-corrected chi connectivity index (χ0v) is 17.9. The number of anilines is 1. The molecule has 7 nitrogen and oxygen atoms in total. The molecule has 148 valence electrons. The molecule has 3 rings (SSSR count). The Hall–Kier alpha value is -2.61. The van der Waals surface area contributed by atoms with Crippen LogP contribution in [0.25, 0.3) is 0 Å². The van der Waals surface area contributed by atoms with Crippen LogP contribution in [-0.4, -0.2) is 27.3 Å². The molecule has 2 aromatic carbocycles. The van der Waals surface area contributed by atoms with E-state index in [2.05, 4.69) is 74.9 Å². The molecule has 0 fully saturated rings. The van der Waals surface area contributed by atoms with Crippen LogP contribution in [0.2, 0.25) is 0 Å². The number of hydrogen-bond donors (Lipinski definition) is 1. The molecule has 8 heteroatoms. The molecule has 0 bridgehead atoms. The number of tetrazole rings is 1. The quantitative estimate of drug-likeness (QED) is 0.527. The van der Waals surface area contributed by atoms with E-state index in [-0.39, 0.29) is 0 Å². The van der Waals surface area contributed by atoms with Crippen molar-refractivity contribution in [1.29, 1.82) is 0 Å². The van der Waals surface area contributed by atoms with E-state index in [4.69, 9.17) is 9.47 Å². The number of aromatic nitrogens is 4. The van der Waals surface area contributed by atoms with Gasteiger partial charge >= 0.3 is 0 Å². The van der Waals surface area contributed by atoms with Crippen molar-refractivity contribution in [2.75, 3.05) is 12.4 Å². The molecule has 1 aromatic heterocycles. The van der Waals surface area contributed by atoms with Crippen molar-refractivity contribution < 1.29 is 9.47 Å². The van der Waals surface area contributed by atoms with Gasteiger partial charge in [0.2, 0.25) is 5.95 Å². The number of methoxy groups -OCH3 is 1. The van der Waals surface area contributed by atoms with Crippen LogP contribution in [0, 0.1) is 6.92 Å². The average Bonchev–Trinajstić information content (AvgIpc) is 3.14. The maximum Gasteiger partial charge on any atom is 0.243 e. The van der Waals surface area contributed by atoms with E-state index < -0.39 is 0 Å². The second-order valence-corrected chi connectivity index (χ2v) is 7.32. The van der Waals surface area contributed by atoms with Gasteiger partial charge in [-0.25, -0.2) is 4.68 Å². The van der Waals surface area contributed by atoms with Gasteiger partial charge in [-0.2, -0.15) is 0 Å². The number of hydrogen-bond acceptors (Lipinski definition) is 6. The monoisotopic (exact) mass is 445 g/mol. The molecule has 0 amide bonds. The molecule has 1 heterocycles. The summed E-state index contributed by atoms with van der Waals surface area (Å²) in [5, 5.41) is 15.0. The van der Waals surface area contributed by atoms with Crippen LogP contribution in [0.15, 0.2) is 40.9 Å². The van der Waals surface area contributed by atoms with Gasteiger partial charge in [-0.1, -0.05) is 41.9 Å². The smallest absolute Gasteiger partial charge is 0.243 e. The van der Waals surface area contributed by atoms with Crippen molar-refractivity contribution in [3.05, 3.63) is 57.6 Å². The zero-order valence-electron chi connectivity index (χ0n) is 16.3. The highest BCUT2D eigenvalue weighted by Crippen LogP contribution is 2.37. The average molecular weight is 446 g/mol. The predicted octanol–water partition coefficient (Wildman–Crippen LogP) is 4.35. The van der Waals surface area contributed by atoms with Crippen LogP contribution in [-0.2, 0) is 19.7 Å². The largest absolute Gasteiger partial charge is 0.493 e. The van der Waals surface area contributed by atoms with Crippen LogP contribution >= 0.6 is 15.9 Å². The van der Waals surface area contributed by atoms with Gasteiger partial charge in [0.25, 0.3) is 0 Å². The van der Waals surface area contributed by atoms with E-state index in [0.29, 0.717) is 30.6 Å². The Morgan fingerprint density at radius 2 is 1.93 bits per heavy atom. The Morgan fingerprint density at radius 1 is 1.14 bits per heavy atom. The maximum absolute atomic E-state index is 6.01. The molecule has 0 saturated heterocycles. The van der Waals surface area contributed by atoms with Gasteiger partial charge in [-0.05, 0) is 63.0 Å². The van der Waals surface area contributed by atoms with Gasteiger partial charge < -0.3 is 14.8 Å². The Morgan fingerprint density at radius 3 is 2.64 bits per heavy atom. The first kappa shape index (κ1) is 20.1. The molecular weight excluding hydrogens is 422 g/mol. The third kappa shape index (κ3) is 5.01. The number of benzene rings is 2. The van der Waals surface area contributed by atoms with Crippen LogP contribution < -0.4 is 14.8 Å². The summed E-state index contributed by atoms with van der Waals surface area (Å²) in [7, 11) is 1.64. The number of nitrogens with zero attached hydrogens (tertiary/aromatic N) is 4. The summed E-state index contributed by atoms with van der Waals surface area (Å²) in [6, 6.07) is 12.2. The van der Waals surface area contributed by atoms with E-state index in [1.807, 2.05) is 12.1 Å². The van der Waals surface area contributed by atoms with Gasteiger partial charge in [0.15, 0.2) is 11.5 Å². The number of halogens is 1. The number of aryl methyl sites for hydroxylation is 2. The fourth-order valence-corrected chi connectivity index (χ4v) is 3.33. The number of ether oxygens (including phenoxy) is 2. The van der Waals surface area contributed by atoms with E-state index in [1.54, 1.807) is 11.8 Å². The van der Waals surface area contributed by atoms with Crippen molar-refractivity contribution in [2.24, 2.45) is 0 Å². The summed E-state index contributed by atoms with van der Waals surface area (Å²) >= 11 is 3.60. The fourth-order valence-electron chi connectivity index (χ4n) is 2.73. The Balaban J connectivity index is 1.70. The highest BCUT2D eigenvalue weighted by Gasteiger charge is 2.13. The molecule has 0 saturated carbocycles. The lowest BCUT2D eigenvalue weighted by atomic mass is 10.1. The molecule has 1 N–H and O–H groups in total. The first-order chi connectivity index (χ1) is 13.6. The Labute approximate surface area is 173 Å². The van der Waals surface area contributed by atoms with Gasteiger partial charge in [-0.3, -0.25) is 0 Å². The number of nitrogens with one attached hydrogen (secondary N) is 1. The van der Waals surface area contributed by atoms with E-state index >= 15 is 0 Å². The summed E-state index contributed by atoms with van der Waals surface area (Å²) in [6.07, 6.45) is 0.964. The maximum atomic E-state index is 6.01. The standard InChI is InChI=1S/C20H24BrN5O2/c1-4-9-26-20(23-24-25-26)22-12-16-10-17(21)19(18(11-16)27-3)28-13-15-7-5-14(2)6-8-15/h5-8,10-11H,4,9,12-13H2,1-3H3,(H,22,23,25). The molecular formula is C20H24BrN5O2. The minimum atomic E-state index is 0.471. The van der Waals surface area contributed by atoms with Crippen LogP contribution in [0.4, 0.5) is 5.95 Å². The minimum Gasteiger partial charge on any atom is -0.493 e. The van der Waals surface area contributed by atoms with Crippen molar-refractivity contribution in [2.45, 2.75) is 40.0 Å². The lowest BCUT2D eigenvalue weighted by Crippen LogP contribution is -2.09. The molecule has 0 spiro atoms. The van der Waals surface area contributed by atoms with Crippen LogP contribution in [0.3, 0.4) is 0 Å². The molecule has 0 unspecified atom stereocenters. The van der Waals surface area contributed by atoms with Crippen molar-refractivity contribution in [3.63, 3.8) is 0 Å². The molecule has 3 aromatic rings. The molecule has 0 aliphatic rings. The van der Waals surface area contributed by atoms with Crippen molar-refractivity contribution >= 4 is 21.9 Å². The summed E-state index contributed by atoms with van der Waals surface area (Å²) in [6.45, 7) is 5.96. The lowest BCUT2D eigenvalue weighted by Gasteiger charge is -2.15. The fraction of sp³-hybridized carbons (Fsp3) is 0.350. The summed E-state index contributed by atoms with van der Waals surface area (Å²) < 4.78 is 14.2. The summed E-state index contributed by atoms with van der Waals surface area (Å²) in [5.41, 5.74) is 3.36. The Kier molecular flexibility index (Phi) is 6.86. The van der Waals surface area contributed by atoms with E-state index in [1.165, 1.54) is 5.56 Å². The first-order valence-corrected chi connectivity index (χ1v) is 9.94. The topological polar surface area (TPSA) is 74.1 Å². The molecule has 0 radical (unpaired) electrons. The molecule has 0 aliphatic carbocycles. The van der Waals surface area contributed by atoms with Gasteiger partial charge in [0, 0.05) is 13.1 Å². The van der Waals surface area contributed by atoms with Gasteiger partial charge in [0.1, 0.15) is 6.61 Å². The van der Waals surface area contributed by atoms with Crippen LogP contribution in [0.5, 0.6) is 11.5 Å². The third-order valence-corrected chi connectivity index (χ3v) is 4.80. The van der Waals surface area contributed by atoms with Crippen LogP contribution in [0.1, 0.15) is 30.0 Å². The number of rotatable bonds is 9. The highest BCUT2D eigenvalue weighted by molar-refractivity contribution is 9.10. The SMILES string of the molecule is CCCn1nnnc1NCc1cc(Br)c(OCc2ccc(C)cc2)c(OC)c1. The normalized spacial score (nSPS) is 10.7. The minimum absolute atomic E-state index is 0.471. The first-order valence-electron chi connectivity index (χ1n) is 9.15. The second-order valence-electron chi connectivity index (χ2n) is 6.46. The second kappa shape index (κ2) is 9.54. The molecule has 0 atom stereocenters. The lowest BCUT2D eigenvalue weighted by molar-refractivity contribution is 0.282. The van der Waals surface area contributed by atoms with Crippen molar-refractivity contribution in [1.82, 2.24) is 20.2 Å². The summed E-state index contributed by atoms with van der Waals surface area (Å²) in [4.78, 5) is 0. The van der Waals surface area contributed by atoms with E-state index in [0.717, 1.165) is 28.6 Å². The van der Waals surface area contributed by atoms with Crippen molar-refractivity contribution in [3.8, 4) is 11.5 Å². The molecule has 28 heavy (non-hydrogen) atoms. The molecule has 0 aliphatic heterocycles. The van der Waals surface area contributed by atoms with Gasteiger partial charge in [0.05, 0.1) is 11.6 Å². The third-order valence-electron chi connectivity index (χ3n) is 4.21.